The summed E-state index contributed by atoms with van der Waals surface area (Å²) in [5.41, 5.74) is 0.155. The highest BCUT2D eigenvalue weighted by Crippen LogP contribution is 2.23. The van der Waals surface area contributed by atoms with Gasteiger partial charge in [-0.1, -0.05) is 22.0 Å². The molecule has 0 aliphatic heterocycles. The average molecular weight is 346 g/mol. The van der Waals surface area contributed by atoms with Crippen LogP contribution in [-0.4, -0.2) is 13.5 Å². The molecule has 0 amide bonds. The Balaban J connectivity index is 2.38. The molecule has 0 spiro atoms. The summed E-state index contributed by atoms with van der Waals surface area (Å²) in [4.78, 5) is -0.459. The van der Waals surface area contributed by atoms with Gasteiger partial charge in [0.2, 0.25) is 0 Å². The zero-order valence-corrected chi connectivity index (χ0v) is 11.9. The maximum atomic E-state index is 13.6. The average Bonchev–Trinajstić information content (AvgIpc) is 2.27. The highest BCUT2D eigenvalue weighted by atomic mass is 79.9. The van der Waals surface area contributed by atoms with E-state index in [0.717, 1.165) is 12.1 Å². The smallest absolute Gasteiger partial charge is 0.264 e. The standard InChI is InChI=1S/C12H9BrFNO3S/c13-8-4-5-12(11(14)6-8)19(17,18)15-9-2-1-3-10(16)7-9/h1-7,15-16H. The third-order valence-electron chi connectivity index (χ3n) is 2.28. The molecule has 0 fully saturated rings. The zero-order valence-electron chi connectivity index (χ0n) is 9.47. The molecule has 0 bridgehead atoms. The molecule has 4 nitrogen and oxygen atoms in total. The molecule has 0 atom stereocenters. The van der Waals surface area contributed by atoms with Gasteiger partial charge >= 0.3 is 0 Å². The van der Waals surface area contributed by atoms with Crippen molar-refractivity contribution in [1.82, 2.24) is 0 Å². The Bertz CT molecular complexity index is 719. The van der Waals surface area contributed by atoms with E-state index in [1.165, 1.54) is 30.3 Å². The van der Waals surface area contributed by atoms with Crippen LogP contribution >= 0.6 is 15.9 Å². The van der Waals surface area contributed by atoms with Gasteiger partial charge in [-0.2, -0.15) is 0 Å². The lowest BCUT2D eigenvalue weighted by atomic mass is 10.3. The van der Waals surface area contributed by atoms with E-state index in [1.807, 2.05) is 0 Å². The van der Waals surface area contributed by atoms with Crippen LogP contribution in [0.25, 0.3) is 0 Å². The number of rotatable bonds is 3. The van der Waals surface area contributed by atoms with Gasteiger partial charge < -0.3 is 5.11 Å². The Hall–Kier alpha value is -1.60. The third kappa shape index (κ3) is 3.24. The summed E-state index contributed by atoms with van der Waals surface area (Å²) in [6.07, 6.45) is 0. The van der Waals surface area contributed by atoms with Gasteiger partial charge in [-0.25, -0.2) is 12.8 Å². The third-order valence-corrected chi connectivity index (χ3v) is 4.19. The molecule has 0 saturated heterocycles. The minimum Gasteiger partial charge on any atom is -0.508 e. The molecule has 2 rings (SSSR count). The van der Waals surface area contributed by atoms with Crippen LogP contribution in [-0.2, 0) is 10.0 Å². The number of benzene rings is 2. The molecule has 0 radical (unpaired) electrons. The van der Waals surface area contributed by atoms with E-state index in [-0.39, 0.29) is 11.4 Å². The molecule has 0 aliphatic carbocycles. The first-order valence-electron chi connectivity index (χ1n) is 5.15. The SMILES string of the molecule is O=S(=O)(Nc1cccc(O)c1)c1ccc(Br)cc1F. The molecular formula is C12H9BrFNO3S. The number of sulfonamides is 1. The van der Waals surface area contributed by atoms with Gasteiger partial charge in [0.1, 0.15) is 16.5 Å². The zero-order chi connectivity index (χ0) is 14.0. The number of hydrogen-bond acceptors (Lipinski definition) is 3. The van der Waals surface area contributed by atoms with Gasteiger partial charge in [-0.15, -0.1) is 0 Å². The fourth-order valence-corrected chi connectivity index (χ4v) is 2.92. The van der Waals surface area contributed by atoms with Crippen LogP contribution in [0.5, 0.6) is 5.75 Å². The summed E-state index contributed by atoms with van der Waals surface area (Å²) in [7, 11) is -4.03. The Kier molecular flexibility index (Phi) is 3.77. The minimum atomic E-state index is -4.03. The first kappa shape index (κ1) is 13.8. The molecule has 100 valence electrons. The van der Waals surface area contributed by atoms with Crippen molar-refractivity contribution in [2.45, 2.75) is 4.90 Å². The van der Waals surface area contributed by atoms with Gasteiger partial charge in [0.05, 0.1) is 5.69 Å². The molecule has 2 aromatic carbocycles. The first-order valence-corrected chi connectivity index (χ1v) is 7.43. The summed E-state index contributed by atoms with van der Waals surface area (Å²) >= 11 is 3.05. The number of phenolic OH excluding ortho intramolecular Hbond substituents is 1. The van der Waals surface area contributed by atoms with Crippen molar-refractivity contribution in [3.8, 4) is 5.75 Å². The Morgan fingerprint density at radius 3 is 2.53 bits per heavy atom. The highest BCUT2D eigenvalue weighted by molar-refractivity contribution is 9.10. The summed E-state index contributed by atoms with van der Waals surface area (Å²) < 4.78 is 40.3. The Labute approximate surface area is 118 Å². The van der Waals surface area contributed by atoms with Gasteiger partial charge in [0, 0.05) is 10.5 Å². The lowest BCUT2D eigenvalue weighted by Gasteiger charge is -2.09. The number of hydrogen-bond donors (Lipinski definition) is 2. The second-order valence-electron chi connectivity index (χ2n) is 3.73. The summed E-state index contributed by atoms with van der Waals surface area (Å²) in [5, 5.41) is 9.26. The number of halogens is 2. The maximum absolute atomic E-state index is 13.6. The molecule has 0 aliphatic rings. The number of aromatic hydroxyl groups is 1. The molecule has 19 heavy (non-hydrogen) atoms. The second-order valence-corrected chi connectivity index (χ2v) is 6.30. The van der Waals surface area contributed by atoms with Crippen LogP contribution in [0.2, 0.25) is 0 Å². The van der Waals surface area contributed by atoms with Gasteiger partial charge in [-0.3, -0.25) is 4.72 Å². The predicted molar refractivity (Wildman–Crippen MR) is 73.0 cm³/mol. The fraction of sp³-hybridized carbons (Fsp3) is 0. The lowest BCUT2D eigenvalue weighted by Crippen LogP contribution is -2.14. The largest absolute Gasteiger partial charge is 0.508 e. The molecule has 0 unspecified atom stereocenters. The van der Waals surface area contributed by atoms with Crippen LogP contribution in [0.3, 0.4) is 0 Å². The second kappa shape index (κ2) is 5.18. The van der Waals surface area contributed by atoms with Crippen LogP contribution < -0.4 is 4.72 Å². The van der Waals surface area contributed by atoms with E-state index >= 15 is 0 Å². The molecule has 2 aromatic rings. The Morgan fingerprint density at radius 1 is 1.16 bits per heavy atom. The molecular weight excluding hydrogens is 337 g/mol. The summed E-state index contributed by atoms with van der Waals surface area (Å²) in [6.45, 7) is 0. The number of nitrogens with one attached hydrogen (secondary N) is 1. The van der Waals surface area contributed by atoms with Gasteiger partial charge in [0.15, 0.2) is 0 Å². The van der Waals surface area contributed by atoms with E-state index < -0.39 is 20.7 Å². The number of anilines is 1. The van der Waals surface area contributed by atoms with Crippen LogP contribution in [0.1, 0.15) is 0 Å². The normalized spacial score (nSPS) is 11.3. The quantitative estimate of drug-likeness (QED) is 0.898. The van der Waals surface area contributed by atoms with Crippen LogP contribution in [0.4, 0.5) is 10.1 Å². The summed E-state index contributed by atoms with van der Waals surface area (Å²) in [5.74, 6) is -0.946. The van der Waals surface area contributed by atoms with E-state index in [4.69, 9.17) is 0 Å². The topological polar surface area (TPSA) is 66.4 Å². The first-order chi connectivity index (χ1) is 8.88. The molecule has 0 heterocycles. The van der Waals surface area contributed by atoms with Crippen LogP contribution in [0, 0.1) is 5.82 Å². The monoisotopic (exact) mass is 345 g/mol. The van der Waals surface area contributed by atoms with Crippen molar-refractivity contribution in [3.05, 3.63) is 52.8 Å². The van der Waals surface area contributed by atoms with Crippen molar-refractivity contribution in [2.75, 3.05) is 4.72 Å². The minimum absolute atomic E-state index is 0.0866. The van der Waals surface area contributed by atoms with Crippen molar-refractivity contribution < 1.29 is 17.9 Å². The molecule has 0 saturated carbocycles. The van der Waals surface area contributed by atoms with E-state index in [0.29, 0.717) is 4.47 Å². The van der Waals surface area contributed by atoms with E-state index in [2.05, 4.69) is 20.7 Å². The van der Waals surface area contributed by atoms with Gasteiger partial charge in [0.25, 0.3) is 10.0 Å². The van der Waals surface area contributed by atoms with Crippen molar-refractivity contribution >= 4 is 31.6 Å². The number of phenols is 1. The highest BCUT2D eigenvalue weighted by Gasteiger charge is 2.19. The van der Waals surface area contributed by atoms with E-state index in [9.17, 15) is 17.9 Å². The summed E-state index contributed by atoms with van der Waals surface area (Å²) in [6, 6.07) is 9.22. The molecule has 7 heteroatoms. The predicted octanol–water partition coefficient (Wildman–Crippen LogP) is 3.09. The van der Waals surface area contributed by atoms with Crippen molar-refractivity contribution in [1.29, 1.82) is 0 Å². The fourth-order valence-electron chi connectivity index (χ4n) is 1.47. The maximum Gasteiger partial charge on any atom is 0.264 e. The molecule has 0 aromatic heterocycles. The molecule has 2 N–H and O–H groups in total. The Morgan fingerprint density at radius 2 is 1.89 bits per heavy atom. The van der Waals surface area contributed by atoms with Crippen molar-refractivity contribution in [3.63, 3.8) is 0 Å². The lowest BCUT2D eigenvalue weighted by molar-refractivity contribution is 0.475. The van der Waals surface area contributed by atoms with Crippen LogP contribution in [0.15, 0.2) is 51.8 Å². The van der Waals surface area contributed by atoms with E-state index in [1.54, 1.807) is 0 Å². The van der Waals surface area contributed by atoms with Gasteiger partial charge in [-0.05, 0) is 30.3 Å². The van der Waals surface area contributed by atoms with Crippen molar-refractivity contribution in [2.24, 2.45) is 0 Å².